The summed E-state index contributed by atoms with van der Waals surface area (Å²) in [4.78, 5) is 11.8. The molecule has 0 aromatic heterocycles. The Morgan fingerprint density at radius 1 is 1.25 bits per heavy atom. The number of phenolic OH excluding ortho intramolecular Hbond substituents is 1. The van der Waals surface area contributed by atoms with Crippen LogP contribution in [-0.2, 0) is 4.79 Å². The van der Waals surface area contributed by atoms with E-state index in [1.165, 1.54) is 6.07 Å². The van der Waals surface area contributed by atoms with Crippen molar-refractivity contribution in [3.63, 3.8) is 0 Å². The smallest absolute Gasteiger partial charge is 0.262 e. The molecule has 104 valence electrons. The zero-order valence-electron chi connectivity index (χ0n) is 10.5. The number of phenols is 1. The maximum Gasteiger partial charge on any atom is 0.262 e. The van der Waals surface area contributed by atoms with E-state index >= 15 is 0 Å². The topological polar surface area (TPSA) is 84.6 Å². The molecule has 0 spiro atoms. The van der Waals surface area contributed by atoms with Gasteiger partial charge in [0, 0.05) is 4.47 Å². The largest absolute Gasteiger partial charge is 0.506 e. The highest BCUT2D eigenvalue weighted by Crippen LogP contribution is 2.29. The second-order valence-electron chi connectivity index (χ2n) is 4.01. The fraction of sp³-hybridized carbons (Fsp3) is 0.0714. The monoisotopic (exact) mass is 336 g/mol. The van der Waals surface area contributed by atoms with Crippen molar-refractivity contribution < 1.29 is 14.6 Å². The number of benzene rings is 2. The van der Waals surface area contributed by atoms with E-state index in [0.29, 0.717) is 5.69 Å². The molecule has 5 nitrogen and oxygen atoms in total. The van der Waals surface area contributed by atoms with Crippen LogP contribution in [-0.4, -0.2) is 17.6 Å². The zero-order chi connectivity index (χ0) is 14.5. The van der Waals surface area contributed by atoms with E-state index in [2.05, 4.69) is 21.2 Å². The number of nitrogens with two attached hydrogens (primary N) is 1. The standard InChI is InChI=1S/C14H13BrN2O3/c15-9-4-1-2-5-10(9)17-13(19)8-20-12-7-3-6-11(18)14(12)16/h1-7,18H,8,16H2,(H,17,19). The van der Waals surface area contributed by atoms with Gasteiger partial charge in [0.25, 0.3) is 5.91 Å². The summed E-state index contributed by atoms with van der Waals surface area (Å²) in [5, 5.41) is 12.1. The SMILES string of the molecule is Nc1c(O)cccc1OCC(=O)Nc1ccccc1Br. The van der Waals surface area contributed by atoms with E-state index in [0.717, 1.165) is 4.47 Å². The van der Waals surface area contributed by atoms with Crippen molar-refractivity contribution in [1.29, 1.82) is 0 Å². The van der Waals surface area contributed by atoms with E-state index < -0.39 is 0 Å². The van der Waals surface area contributed by atoms with Gasteiger partial charge in [-0.05, 0) is 40.2 Å². The number of para-hydroxylation sites is 2. The van der Waals surface area contributed by atoms with Crippen molar-refractivity contribution in [1.82, 2.24) is 0 Å². The number of carbonyl (C=O) groups is 1. The van der Waals surface area contributed by atoms with Crippen molar-refractivity contribution in [2.45, 2.75) is 0 Å². The molecule has 0 saturated carbocycles. The molecule has 2 rings (SSSR count). The molecule has 0 aliphatic carbocycles. The molecule has 0 radical (unpaired) electrons. The van der Waals surface area contributed by atoms with Crippen LogP contribution in [0.25, 0.3) is 0 Å². The van der Waals surface area contributed by atoms with Gasteiger partial charge in [-0.1, -0.05) is 18.2 Å². The number of nitrogens with one attached hydrogen (secondary N) is 1. The summed E-state index contributed by atoms with van der Waals surface area (Å²) in [5.41, 5.74) is 6.40. The van der Waals surface area contributed by atoms with Crippen LogP contribution in [0.3, 0.4) is 0 Å². The molecular formula is C14H13BrN2O3. The van der Waals surface area contributed by atoms with Crippen LogP contribution < -0.4 is 15.8 Å². The lowest BCUT2D eigenvalue weighted by Gasteiger charge is -2.10. The van der Waals surface area contributed by atoms with Gasteiger partial charge in [0.1, 0.15) is 17.2 Å². The average Bonchev–Trinajstić information content (AvgIpc) is 2.43. The fourth-order valence-electron chi connectivity index (χ4n) is 1.55. The minimum absolute atomic E-state index is 0.0753. The first-order valence-electron chi connectivity index (χ1n) is 5.82. The Hall–Kier alpha value is -2.21. The van der Waals surface area contributed by atoms with Crippen molar-refractivity contribution >= 4 is 33.2 Å². The molecule has 4 N–H and O–H groups in total. The number of aromatic hydroxyl groups is 1. The summed E-state index contributed by atoms with van der Waals surface area (Å²) in [5.74, 6) is -0.124. The normalized spacial score (nSPS) is 10.1. The van der Waals surface area contributed by atoms with Crippen LogP contribution in [0.1, 0.15) is 0 Å². The summed E-state index contributed by atoms with van der Waals surface area (Å²) >= 11 is 3.33. The van der Waals surface area contributed by atoms with E-state index in [-0.39, 0.29) is 29.7 Å². The lowest BCUT2D eigenvalue weighted by atomic mass is 10.3. The number of hydrogen-bond donors (Lipinski definition) is 3. The maximum atomic E-state index is 11.8. The number of anilines is 2. The molecule has 6 heteroatoms. The van der Waals surface area contributed by atoms with Gasteiger partial charge in [0.2, 0.25) is 0 Å². The highest BCUT2D eigenvalue weighted by atomic mass is 79.9. The van der Waals surface area contributed by atoms with Crippen LogP contribution in [0.4, 0.5) is 11.4 Å². The second-order valence-corrected chi connectivity index (χ2v) is 4.86. The van der Waals surface area contributed by atoms with Gasteiger partial charge in [-0.25, -0.2) is 0 Å². The predicted octanol–water partition coefficient (Wildman–Crippen LogP) is 2.75. The molecule has 2 aromatic carbocycles. The van der Waals surface area contributed by atoms with Crippen LogP contribution in [0.2, 0.25) is 0 Å². The third-order valence-electron chi connectivity index (χ3n) is 2.55. The highest BCUT2D eigenvalue weighted by molar-refractivity contribution is 9.10. The number of nitrogen functional groups attached to an aromatic ring is 1. The number of ether oxygens (including phenoxy) is 1. The summed E-state index contributed by atoms with van der Waals surface area (Å²) in [7, 11) is 0. The maximum absolute atomic E-state index is 11.8. The molecule has 0 atom stereocenters. The van der Waals surface area contributed by atoms with Gasteiger partial charge in [0.15, 0.2) is 6.61 Å². The van der Waals surface area contributed by atoms with Crippen molar-refractivity contribution in [3.05, 3.63) is 46.9 Å². The Morgan fingerprint density at radius 3 is 2.75 bits per heavy atom. The van der Waals surface area contributed by atoms with Gasteiger partial charge < -0.3 is 20.9 Å². The molecule has 0 aliphatic heterocycles. The Balaban J connectivity index is 1.96. The third-order valence-corrected chi connectivity index (χ3v) is 3.24. The van der Waals surface area contributed by atoms with Crippen molar-refractivity contribution in [2.24, 2.45) is 0 Å². The number of rotatable bonds is 4. The van der Waals surface area contributed by atoms with Gasteiger partial charge >= 0.3 is 0 Å². The molecule has 0 fully saturated rings. The van der Waals surface area contributed by atoms with Crippen LogP contribution in [0.5, 0.6) is 11.5 Å². The molecule has 2 aromatic rings. The summed E-state index contributed by atoms with van der Waals surface area (Å²) in [6, 6.07) is 11.9. The Labute approximate surface area is 124 Å². The summed E-state index contributed by atoms with van der Waals surface area (Å²) in [6.45, 7) is -0.199. The number of hydrogen-bond acceptors (Lipinski definition) is 4. The first kappa shape index (κ1) is 14.2. The predicted molar refractivity (Wildman–Crippen MR) is 80.8 cm³/mol. The second kappa shape index (κ2) is 6.29. The lowest BCUT2D eigenvalue weighted by molar-refractivity contribution is -0.118. The molecule has 1 amide bonds. The number of carbonyl (C=O) groups excluding carboxylic acids is 1. The summed E-state index contributed by atoms with van der Waals surface area (Å²) in [6.07, 6.45) is 0. The Morgan fingerprint density at radius 2 is 2.00 bits per heavy atom. The molecule has 0 aliphatic rings. The third kappa shape index (κ3) is 3.42. The molecular weight excluding hydrogens is 324 g/mol. The van der Waals surface area contributed by atoms with E-state index in [1.54, 1.807) is 18.2 Å². The minimum Gasteiger partial charge on any atom is -0.506 e. The first-order chi connectivity index (χ1) is 9.58. The molecule has 0 saturated heterocycles. The lowest BCUT2D eigenvalue weighted by Crippen LogP contribution is -2.20. The van der Waals surface area contributed by atoms with Crippen molar-refractivity contribution in [3.8, 4) is 11.5 Å². The molecule has 0 bridgehead atoms. The Bertz CT molecular complexity index is 632. The number of halogens is 1. The van der Waals surface area contributed by atoms with E-state index in [4.69, 9.17) is 10.5 Å². The van der Waals surface area contributed by atoms with E-state index in [1.807, 2.05) is 18.2 Å². The summed E-state index contributed by atoms with van der Waals surface area (Å²) < 4.78 is 6.06. The average molecular weight is 337 g/mol. The van der Waals surface area contributed by atoms with Gasteiger partial charge in [-0.2, -0.15) is 0 Å². The van der Waals surface area contributed by atoms with Gasteiger partial charge in [0.05, 0.1) is 5.69 Å². The van der Waals surface area contributed by atoms with E-state index in [9.17, 15) is 9.90 Å². The quantitative estimate of drug-likeness (QED) is 0.592. The van der Waals surface area contributed by atoms with Crippen molar-refractivity contribution in [2.75, 3.05) is 17.7 Å². The van der Waals surface area contributed by atoms with Crippen LogP contribution in [0, 0.1) is 0 Å². The van der Waals surface area contributed by atoms with Crippen LogP contribution >= 0.6 is 15.9 Å². The van der Waals surface area contributed by atoms with Gasteiger partial charge in [-0.3, -0.25) is 4.79 Å². The molecule has 0 heterocycles. The Kier molecular flexibility index (Phi) is 4.47. The zero-order valence-corrected chi connectivity index (χ0v) is 12.1. The van der Waals surface area contributed by atoms with Crippen LogP contribution in [0.15, 0.2) is 46.9 Å². The molecule has 20 heavy (non-hydrogen) atoms. The van der Waals surface area contributed by atoms with Gasteiger partial charge in [-0.15, -0.1) is 0 Å². The molecule has 0 unspecified atom stereocenters. The fourth-order valence-corrected chi connectivity index (χ4v) is 1.93. The number of amides is 1. The first-order valence-corrected chi connectivity index (χ1v) is 6.62. The minimum atomic E-state index is -0.320. The highest BCUT2D eigenvalue weighted by Gasteiger charge is 2.09.